The highest BCUT2D eigenvalue weighted by Gasteiger charge is 2.21. The van der Waals surface area contributed by atoms with E-state index in [1.54, 1.807) is 84.3 Å². The molecule has 124 heavy (non-hydrogen) atoms. The van der Waals surface area contributed by atoms with Crippen molar-refractivity contribution in [3.05, 3.63) is 196 Å². The Hall–Kier alpha value is -9.55. The van der Waals surface area contributed by atoms with Gasteiger partial charge < -0.3 is 100 Å². The Morgan fingerprint density at radius 3 is 0.806 bits per heavy atom. The van der Waals surface area contributed by atoms with E-state index in [1.807, 2.05) is 105 Å². The SMILES string of the molecule is COCCOc1cc(OC)cc(C(C)C)c1.COCc1cc(OC)cc(C(C)C)c1.COc1cc(OC)cc(C(C)C)c1.COc1cc(OCCCO)cc(C(C)C)c1.COc1cc(OCCN(C)C)cc(C(C)C)c1.COc1cc(OCF)cc(C(C)C)c1.COc1cc(O[C@@H]2CCOC2)cc(C(C)C)c1.COc1cc(O[C@H]2CCOC2)cc(C(C)C)c1. The smallest absolute Gasteiger partial charge is 0.228 e. The fraction of sp³-hybridized carbons (Fsp3) is 0.529. The van der Waals surface area contributed by atoms with E-state index in [2.05, 4.69) is 164 Å². The molecule has 0 radical (unpaired) electrons. The van der Waals surface area contributed by atoms with Crippen LogP contribution >= 0.6 is 0 Å². The van der Waals surface area contributed by atoms with Crippen molar-refractivity contribution in [2.24, 2.45) is 0 Å². The molecule has 1 N–H and O–H groups in total. The van der Waals surface area contributed by atoms with Gasteiger partial charge in [0.05, 0.1) is 110 Å². The molecule has 0 aliphatic carbocycles. The molecule has 8 aromatic rings. The lowest BCUT2D eigenvalue weighted by molar-refractivity contribution is 0.141. The van der Waals surface area contributed by atoms with Crippen LogP contribution in [0.3, 0.4) is 0 Å². The molecule has 22 heteroatoms. The number of rotatable bonds is 37. The van der Waals surface area contributed by atoms with Crippen LogP contribution in [0.4, 0.5) is 4.39 Å². The summed E-state index contributed by atoms with van der Waals surface area (Å²) in [5.74, 6) is 16.0. The summed E-state index contributed by atoms with van der Waals surface area (Å²) in [5, 5.41) is 8.68. The zero-order chi connectivity index (χ0) is 92.2. The second kappa shape index (κ2) is 60.9. The summed E-state index contributed by atoms with van der Waals surface area (Å²) in [5.41, 5.74) is 10.9. The quantitative estimate of drug-likeness (QED) is 0.0360. The van der Waals surface area contributed by atoms with Crippen LogP contribution in [0, 0.1) is 0 Å². The van der Waals surface area contributed by atoms with Gasteiger partial charge in [-0.05, 0) is 209 Å². The Balaban J connectivity index is 0.000000366. The van der Waals surface area contributed by atoms with Crippen molar-refractivity contribution >= 4 is 0 Å². The van der Waals surface area contributed by atoms with Crippen molar-refractivity contribution in [2.45, 2.75) is 196 Å². The zero-order valence-electron chi connectivity index (χ0n) is 80.3. The molecule has 10 rings (SSSR count). The zero-order valence-corrected chi connectivity index (χ0v) is 80.3. The van der Waals surface area contributed by atoms with Gasteiger partial charge in [-0.25, -0.2) is 4.39 Å². The van der Waals surface area contributed by atoms with Gasteiger partial charge >= 0.3 is 0 Å². The molecule has 0 saturated carbocycles. The average Bonchev–Trinajstić information content (AvgIpc) is 1.02. The van der Waals surface area contributed by atoms with Crippen molar-refractivity contribution < 1.29 is 99.5 Å². The van der Waals surface area contributed by atoms with Crippen LogP contribution in [-0.4, -0.2) is 187 Å². The summed E-state index contributed by atoms with van der Waals surface area (Å²) in [6.07, 6.45) is 2.95. The van der Waals surface area contributed by atoms with Gasteiger partial charge in [-0.2, -0.15) is 0 Å². The lowest BCUT2D eigenvalue weighted by Crippen LogP contribution is -2.19. The van der Waals surface area contributed by atoms with E-state index >= 15 is 0 Å². The second-order valence-electron chi connectivity index (χ2n) is 32.5. The molecule has 2 aliphatic rings. The average molecular weight is 1730 g/mol. The minimum absolute atomic E-state index is 0.154. The molecule has 0 spiro atoms. The van der Waals surface area contributed by atoms with E-state index in [9.17, 15) is 4.39 Å². The highest BCUT2D eigenvalue weighted by Crippen LogP contribution is 2.35. The number of aliphatic hydroxyl groups is 1. The maximum atomic E-state index is 12.0. The number of likely N-dealkylation sites (N-methyl/N-ethyl adjacent to an activating group) is 1. The van der Waals surface area contributed by atoms with Gasteiger partial charge in [-0.3, -0.25) is 0 Å². The first kappa shape index (κ1) is 109. The number of ether oxygens (including phenoxy) is 19. The van der Waals surface area contributed by atoms with E-state index < -0.39 is 6.86 Å². The van der Waals surface area contributed by atoms with Crippen molar-refractivity contribution in [3.8, 4) is 86.2 Å². The maximum Gasteiger partial charge on any atom is 0.228 e. The van der Waals surface area contributed by atoms with E-state index in [0.29, 0.717) is 112 Å². The Bertz CT molecular complexity index is 3970. The molecule has 0 aromatic heterocycles. The minimum atomic E-state index is -0.815. The summed E-state index contributed by atoms with van der Waals surface area (Å²) in [6, 6.07) is 47.7. The predicted molar refractivity (Wildman–Crippen MR) is 499 cm³/mol. The molecule has 2 saturated heterocycles. The molecular formula is C102H152FNO20. The van der Waals surface area contributed by atoms with Gasteiger partial charge in [0.1, 0.15) is 112 Å². The van der Waals surface area contributed by atoms with Gasteiger partial charge in [-0.15, -0.1) is 0 Å². The van der Waals surface area contributed by atoms with Crippen LogP contribution in [-0.2, 0) is 25.6 Å². The third-order valence-corrected chi connectivity index (χ3v) is 19.6. The third-order valence-electron chi connectivity index (χ3n) is 19.6. The summed E-state index contributed by atoms with van der Waals surface area (Å²) in [6.45, 7) is 40.5. The van der Waals surface area contributed by atoms with E-state index in [0.717, 1.165) is 118 Å². The fourth-order valence-electron chi connectivity index (χ4n) is 11.8. The second-order valence-corrected chi connectivity index (χ2v) is 32.5. The van der Waals surface area contributed by atoms with Crippen LogP contribution in [0.15, 0.2) is 146 Å². The van der Waals surface area contributed by atoms with E-state index in [1.165, 1.54) is 38.9 Å². The largest absolute Gasteiger partial charge is 0.497 e. The van der Waals surface area contributed by atoms with Gasteiger partial charge in [0.25, 0.3) is 0 Å². The minimum Gasteiger partial charge on any atom is -0.497 e. The van der Waals surface area contributed by atoms with Gasteiger partial charge in [0, 0.05) is 89.1 Å². The number of alkyl halides is 1. The molecule has 2 aliphatic heterocycles. The number of halogens is 1. The number of aliphatic hydroxyl groups excluding tert-OH is 1. The van der Waals surface area contributed by atoms with Crippen molar-refractivity contribution in [2.75, 3.05) is 165 Å². The summed E-state index contributed by atoms with van der Waals surface area (Å²) in [4.78, 5) is 2.10. The summed E-state index contributed by atoms with van der Waals surface area (Å²) < 4.78 is 113. The number of methoxy groups -OCH3 is 11. The van der Waals surface area contributed by atoms with Crippen LogP contribution in [0.5, 0.6) is 86.2 Å². The molecule has 21 nitrogen and oxygen atoms in total. The highest BCUT2D eigenvalue weighted by molar-refractivity contribution is 5.46. The number of hydrogen-bond donors (Lipinski definition) is 1. The Morgan fingerprint density at radius 2 is 0.556 bits per heavy atom. The molecular weight excluding hydrogens is 1580 g/mol. The molecule has 0 unspecified atom stereocenters. The Labute approximate surface area is 743 Å². The normalized spacial score (nSPS) is 13.1. The predicted octanol–water partition coefficient (Wildman–Crippen LogP) is 23.1. The Morgan fingerprint density at radius 1 is 0.306 bits per heavy atom. The maximum absolute atomic E-state index is 12.0. The van der Waals surface area contributed by atoms with Crippen LogP contribution in [0.25, 0.3) is 0 Å². The first-order chi connectivity index (χ1) is 59.2. The van der Waals surface area contributed by atoms with Gasteiger partial charge in [-0.1, -0.05) is 117 Å². The Kier molecular flexibility index (Phi) is 53.4. The van der Waals surface area contributed by atoms with E-state index in [4.69, 9.17) is 95.1 Å². The number of nitrogens with zero attached hydrogens (tertiary/aromatic N) is 1. The summed E-state index contributed by atoms with van der Waals surface area (Å²) in [7, 11) is 22.4. The number of hydrogen-bond acceptors (Lipinski definition) is 21. The molecule has 2 fully saturated rings. The lowest BCUT2D eigenvalue weighted by Gasteiger charge is -2.15. The molecule has 0 amide bonds. The van der Waals surface area contributed by atoms with Crippen LogP contribution in [0.1, 0.15) is 227 Å². The monoisotopic (exact) mass is 1730 g/mol. The third kappa shape index (κ3) is 42.9. The first-order valence-corrected chi connectivity index (χ1v) is 43.1. The molecule has 2 heterocycles. The van der Waals surface area contributed by atoms with Gasteiger partial charge in [0.15, 0.2) is 0 Å². The highest BCUT2D eigenvalue weighted by atomic mass is 19.1. The topological polar surface area (TPSA) is 199 Å². The van der Waals surface area contributed by atoms with Crippen LogP contribution in [0.2, 0.25) is 0 Å². The summed E-state index contributed by atoms with van der Waals surface area (Å²) >= 11 is 0. The van der Waals surface area contributed by atoms with Crippen molar-refractivity contribution in [1.82, 2.24) is 4.90 Å². The molecule has 2 atom stereocenters. The number of benzene rings is 8. The van der Waals surface area contributed by atoms with Crippen molar-refractivity contribution in [1.29, 1.82) is 0 Å². The van der Waals surface area contributed by atoms with Gasteiger partial charge in [0.2, 0.25) is 6.86 Å². The van der Waals surface area contributed by atoms with Crippen LogP contribution < -0.4 is 71.1 Å². The molecule has 0 bridgehead atoms. The van der Waals surface area contributed by atoms with E-state index in [-0.39, 0.29) is 18.8 Å². The van der Waals surface area contributed by atoms with Crippen molar-refractivity contribution in [3.63, 3.8) is 0 Å². The first-order valence-electron chi connectivity index (χ1n) is 43.1. The molecule has 692 valence electrons. The molecule has 8 aromatic carbocycles. The lowest BCUT2D eigenvalue weighted by atomic mass is 10.0. The standard InChI is InChI=1S/C14H23NO2.2C14H20O3.2C13H20O3.C12H18O2.C11H15FO2.C11H16O2/c1-11(2)12-8-13(16-5)10-14(9-12)17-7-6-15(3)4;2*1-10(2)11-6-13(15-3)8-14(7-11)17-12-4-5-16-9-12;1-10(2)11-7-12(15-4)9-13(8-11)16-6-5-14-3;1-10(2)11-7-12(15-3)9-13(8-11)16-6-4-5-14;1-9(2)11-5-10(8-13-3)6-12(7-11)14-4;1-8(2)9-4-10(13-3)6-11(5-9)14-7-12;1-8(2)9-5-10(12-3)7-11(6-9)13-4/h8-11H,6-7H2,1-5H3;2*6-8,10,12H,4-5,9H2,1-3H3;7-10H,5-6H2,1-4H3;7-10,14H,4-6H2,1-3H3;5-7,9H,8H2,1-4H3;4-6,8H,7H2,1-3H3;5-8H,1-4H3/t;2*12-;;;;;/m.10...../s1. The fourth-order valence-corrected chi connectivity index (χ4v) is 11.8.